The largest absolute Gasteiger partial charge is 0.490 e. The van der Waals surface area contributed by atoms with Gasteiger partial charge in [0, 0.05) is 19.2 Å². The van der Waals surface area contributed by atoms with Crippen LogP contribution in [0.5, 0.6) is 11.5 Å². The van der Waals surface area contributed by atoms with Crippen LogP contribution in [-0.4, -0.2) is 50.7 Å². The third-order valence-corrected chi connectivity index (χ3v) is 5.04. The van der Waals surface area contributed by atoms with E-state index in [-0.39, 0.29) is 11.5 Å². The fraction of sp³-hybridized carbons (Fsp3) is 0.571. The smallest absolute Gasteiger partial charge is 0.243 e. The van der Waals surface area contributed by atoms with E-state index >= 15 is 0 Å². The average Bonchev–Trinajstić information content (AvgIpc) is 2.47. The maximum atomic E-state index is 12.5. The van der Waals surface area contributed by atoms with Crippen LogP contribution >= 0.6 is 0 Å². The summed E-state index contributed by atoms with van der Waals surface area (Å²) in [4.78, 5) is 0.109. The van der Waals surface area contributed by atoms with Crippen LogP contribution in [-0.2, 0) is 10.0 Å². The predicted molar refractivity (Wildman–Crippen MR) is 80.3 cm³/mol. The molecular formula is C14H23NO5S. The van der Waals surface area contributed by atoms with Crippen LogP contribution in [0, 0.1) is 0 Å². The first kappa shape index (κ1) is 17.7. The van der Waals surface area contributed by atoms with E-state index in [1.54, 1.807) is 13.0 Å². The Labute approximate surface area is 126 Å². The highest BCUT2D eigenvalue weighted by Crippen LogP contribution is 2.31. The quantitative estimate of drug-likeness (QED) is 0.786. The number of ether oxygens (including phenoxy) is 2. The molecule has 21 heavy (non-hydrogen) atoms. The fourth-order valence-corrected chi connectivity index (χ4v) is 3.08. The second-order valence-corrected chi connectivity index (χ2v) is 6.52. The van der Waals surface area contributed by atoms with Crippen LogP contribution in [0.2, 0.25) is 0 Å². The van der Waals surface area contributed by atoms with Crippen molar-refractivity contribution in [2.24, 2.45) is 0 Å². The molecule has 1 atom stereocenters. The standard InChI is InChI=1S/C14H23NO5S/c1-5-19-13-8-7-12(9-14(13)20-6-2)21(17,18)15(4)11(3)10-16/h7-9,11,16H,5-6,10H2,1-4H3. The lowest BCUT2D eigenvalue weighted by atomic mass is 10.3. The average molecular weight is 317 g/mol. The first-order chi connectivity index (χ1) is 9.88. The van der Waals surface area contributed by atoms with E-state index in [1.807, 2.05) is 13.8 Å². The highest BCUT2D eigenvalue weighted by Gasteiger charge is 2.26. The Morgan fingerprint density at radius 3 is 2.29 bits per heavy atom. The lowest BCUT2D eigenvalue weighted by molar-refractivity contribution is 0.213. The van der Waals surface area contributed by atoms with Crippen molar-refractivity contribution in [1.82, 2.24) is 4.31 Å². The Morgan fingerprint density at radius 1 is 1.19 bits per heavy atom. The van der Waals surface area contributed by atoms with Crippen molar-refractivity contribution in [2.45, 2.75) is 31.7 Å². The van der Waals surface area contributed by atoms with Crippen molar-refractivity contribution >= 4 is 10.0 Å². The predicted octanol–water partition coefficient (Wildman–Crippen LogP) is 1.49. The molecule has 120 valence electrons. The summed E-state index contributed by atoms with van der Waals surface area (Å²) in [6.45, 7) is 5.93. The molecular weight excluding hydrogens is 294 g/mol. The Hall–Kier alpha value is -1.31. The van der Waals surface area contributed by atoms with E-state index in [2.05, 4.69) is 0 Å². The van der Waals surface area contributed by atoms with Crippen molar-refractivity contribution in [1.29, 1.82) is 0 Å². The van der Waals surface area contributed by atoms with Gasteiger partial charge in [0.15, 0.2) is 11.5 Å². The number of sulfonamides is 1. The maximum Gasteiger partial charge on any atom is 0.243 e. The molecule has 0 heterocycles. The molecule has 0 saturated carbocycles. The van der Waals surface area contributed by atoms with E-state index in [0.29, 0.717) is 24.7 Å². The molecule has 1 unspecified atom stereocenters. The van der Waals surface area contributed by atoms with E-state index in [1.165, 1.54) is 19.2 Å². The van der Waals surface area contributed by atoms with E-state index < -0.39 is 16.1 Å². The molecule has 0 bridgehead atoms. The van der Waals surface area contributed by atoms with Crippen LogP contribution in [0.15, 0.2) is 23.1 Å². The first-order valence-electron chi connectivity index (χ1n) is 6.87. The minimum Gasteiger partial charge on any atom is -0.490 e. The Morgan fingerprint density at radius 2 is 1.76 bits per heavy atom. The normalized spacial score (nSPS) is 13.2. The van der Waals surface area contributed by atoms with Gasteiger partial charge in [-0.1, -0.05) is 0 Å². The van der Waals surface area contributed by atoms with Crippen molar-refractivity contribution < 1.29 is 23.0 Å². The SMILES string of the molecule is CCOc1ccc(S(=O)(=O)N(C)C(C)CO)cc1OCC. The van der Waals surface area contributed by atoms with Crippen LogP contribution < -0.4 is 9.47 Å². The summed E-state index contributed by atoms with van der Waals surface area (Å²) in [6, 6.07) is 4.00. The van der Waals surface area contributed by atoms with Gasteiger partial charge in [0.25, 0.3) is 0 Å². The summed E-state index contributed by atoms with van der Waals surface area (Å²) in [5, 5.41) is 9.12. The number of hydrogen-bond acceptors (Lipinski definition) is 5. The van der Waals surface area contributed by atoms with Crippen molar-refractivity contribution in [3.63, 3.8) is 0 Å². The highest BCUT2D eigenvalue weighted by molar-refractivity contribution is 7.89. The van der Waals surface area contributed by atoms with E-state index in [4.69, 9.17) is 14.6 Å². The lowest BCUT2D eigenvalue weighted by Gasteiger charge is -2.23. The monoisotopic (exact) mass is 317 g/mol. The third-order valence-electron chi connectivity index (χ3n) is 3.08. The van der Waals surface area contributed by atoms with Gasteiger partial charge in [0.1, 0.15) is 0 Å². The van der Waals surface area contributed by atoms with Gasteiger partial charge in [-0.05, 0) is 32.9 Å². The Bertz CT molecular complexity index is 558. The maximum absolute atomic E-state index is 12.5. The van der Waals surface area contributed by atoms with Gasteiger partial charge in [-0.2, -0.15) is 4.31 Å². The topological polar surface area (TPSA) is 76.1 Å². The summed E-state index contributed by atoms with van der Waals surface area (Å²) >= 11 is 0. The molecule has 0 aliphatic carbocycles. The van der Waals surface area contributed by atoms with Crippen LogP contribution in [0.25, 0.3) is 0 Å². The van der Waals surface area contributed by atoms with Crippen LogP contribution in [0.3, 0.4) is 0 Å². The second kappa shape index (κ2) is 7.63. The molecule has 0 saturated heterocycles. The molecule has 0 aliphatic rings. The number of nitrogens with zero attached hydrogens (tertiary/aromatic N) is 1. The second-order valence-electron chi connectivity index (χ2n) is 4.53. The van der Waals surface area contributed by atoms with Gasteiger partial charge in [-0.25, -0.2) is 8.42 Å². The first-order valence-corrected chi connectivity index (χ1v) is 8.31. The van der Waals surface area contributed by atoms with Gasteiger partial charge in [-0.15, -0.1) is 0 Å². The molecule has 0 aromatic heterocycles. The molecule has 6 nitrogen and oxygen atoms in total. The summed E-state index contributed by atoms with van der Waals surface area (Å²) in [7, 11) is -2.25. The van der Waals surface area contributed by atoms with Gasteiger partial charge >= 0.3 is 0 Å². The van der Waals surface area contributed by atoms with Gasteiger partial charge in [0.2, 0.25) is 10.0 Å². The molecule has 0 fully saturated rings. The fourth-order valence-electron chi connectivity index (χ4n) is 1.71. The van der Waals surface area contributed by atoms with Gasteiger partial charge < -0.3 is 14.6 Å². The number of likely N-dealkylation sites (N-methyl/N-ethyl adjacent to an activating group) is 1. The van der Waals surface area contributed by atoms with Crippen molar-refractivity contribution in [3.8, 4) is 11.5 Å². The zero-order chi connectivity index (χ0) is 16.0. The van der Waals surface area contributed by atoms with Gasteiger partial charge in [-0.3, -0.25) is 0 Å². The molecule has 0 aliphatic heterocycles. The molecule has 1 aromatic carbocycles. The lowest BCUT2D eigenvalue weighted by Crippen LogP contribution is -2.37. The summed E-state index contributed by atoms with van der Waals surface area (Å²) in [6.07, 6.45) is 0. The van der Waals surface area contributed by atoms with Crippen LogP contribution in [0.1, 0.15) is 20.8 Å². The third kappa shape index (κ3) is 4.09. The molecule has 1 aromatic rings. The molecule has 0 radical (unpaired) electrons. The van der Waals surface area contributed by atoms with E-state index in [9.17, 15) is 8.42 Å². The molecule has 1 rings (SSSR count). The summed E-state index contributed by atoms with van der Waals surface area (Å²) < 4.78 is 36.9. The minimum absolute atomic E-state index is 0.109. The Kier molecular flexibility index (Phi) is 6.44. The number of hydrogen-bond donors (Lipinski definition) is 1. The van der Waals surface area contributed by atoms with Crippen molar-refractivity contribution in [2.75, 3.05) is 26.9 Å². The summed E-state index contributed by atoms with van der Waals surface area (Å²) in [5.41, 5.74) is 0. The minimum atomic E-state index is -3.69. The molecule has 0 amide bonds. The Balaban J connectivity index is 3.21. The number of rotatable bonds is 8. The molecule has 1 N–H and O–H groups in total. The zero-order valence-electron chi connectivity index (χ0n) is 12.9. The molecule has 0 spiro atoms. The highest BCUT2D eigenvalue weighted by atomic mass is 32.2. The number of aliphatic hydroxyl groups is 1. The summed E-state index contributed by atoms with van der Waals surface area (Å²) in [5.74, 6) is 0.904. The van der Waals surface area contributed by atoms with Crippen LogP contribution in [0.4, 0.5) is 0 Å². The van der Waals surface area contributed by atoms with E-state index in [0.717, 1.165) is 4.31 Å². The van der Waals surface area contributed by atoms with Gasteiger partial charge in [0.05, 0.1) is 24.7 Å². The van der Waals surface area contributed by atoms with Crippen molar-refractivity contribution in [3.05, 3.63) is 18.2 Å². The zero-order valence-corrected chi connectivity index (χ0v) is 13.7. The number of aliphatic hydroxyl groups excluding tert-OH is 1. The number of benzene rings is 1. The molecule has 7 heteroatoms.